The summed E-state index contributed by atoms with van der Waals surface area (Å²) >= 11 is 0. The zero-order valence-corrected chi connectivity index (χ0v) is 14.7. The van der Waals surface area contributed by atoms with Gasteiger partial charge >= 0.3 is 0 Å². The standard InChI is InChI=1S/C20H25NO3/c1-14-9-11-18(12-10-14)24-17(4)20(22)21-16(3)13-23-19-8-6-5-7-15(19)2/h5-12,16-17H,13H2,1-4H3,(H,21,22)/t16-,17-/m1/s1. The second-order valence-electron chi connectivity index (χ2n) is 6.06. The lowest BCUT2D eigenvalue weighted by Crippen LogP contribution is -2.43. The normalized spacial score (nSPS) is 13.0. The first-order chi connectivity index (χ1) is 11.5. The molecule has 4 nitrogen and oxygen atoms in total. The lowest BCUT2D eigenvalue weighted by atomic mass is 10.2. The van der Waals surface area contributed by atoms with E-state index in [4.69, 9.17) is 9.47 Å². The number of nitrogens with one attached hydrogen (secondary N) is 1. The first kappa shape index (κ1) is 17.9. The summed E-state index contributed by atoms with van der Waals surface area (Å²) < 4.78 is 11.4. The largest absolute Gasteiger partial charge is 0.491 e. The van der Waals surface area contributed by atoms with Crippen molar-refractivity contribution in [1.82, 2.24) is 5.32 Å². The molecule has 2 rings (SSSR count). The predicted molar refractivity (Wildman–Crippen MR) is 95.5 cm³/mol. The molecule has 0 aromatic heterocycles. The van der Waals surface area contributed by atoms with Gasteiger partial charge in [0.25, 0.3) is 5.91 Å². The fourth-order valence-electron chi connectivity index (χ4n) is 2.21. The van der Waals surface area contributed by atoms with Crippen molar-refractivity contribution in [3.8, 4) is 11.5 Å². The molecule has 128 valence electrons. The molecule has 0 saturated carbocycles. The van der Waals surface area contributed by atoms with Crippen LogP contribution in [0.25, 0.3) is 0 Å². The number of rotatable bonds is 7. The van der Waals surface area contributed by atoms with Crippen LogP contribution in [0.5, 0.6) is 11.5 Å². The number of ether oxygens (including phenoxy) is 2. The predicted octanol–water partition coefficient (Wildman–Crippen LogP) is 3.65. The van der Waals surface area contributed by atoms with Crippen molar-refractivity contribution >= 4 is 5.91 Å². The van der Waals surface area contributed by atoms with Gasteiger partial charge in [-0.3, -0.25) is 4.79 Å². The average molecular weight is 327 g/mol. The van der Waals surface area contributed by atoms with Crippen LogP contribution in [0.1, 0.15) is 25.0 Å². The summed E-state index contributed by atoms with van der Waals surface area (Å²) in [6.45, 7) is 8.07. The van der Waals surface area contributed by atoms with Crippen LogP contribution < -0.4 is 14.8 Å². The van der Waals surface area contributed by atoms with Crippen LogP contribution in [0.3, 0.4) is 0 Å². The number of para-hydroxylation sites is 1. The number of hydrogen-bond donors (Lipinski definition) is 1. The number of aryl methyl sites for hydroxylation is 2. The molecular formula is C20H25NO3. The van der Waals surface area contributed by atoms with Crippen LogP contribution in [0, 0.1) is 13.8 Å². The number of amides is 1. The van der Waals surface area contributed by atoms with E-state index in [1.807, 2.05) is 69.3 Å². The number of carbonyl (C=O) groups excluding carboxylic acids is 1. The molecule has 0 aliphatic carbocycles. The van der Waals surface area contributed by atoms with Gasteiger partial charge in [0.15, 0.2) is 6.10 Å². The summed E-state index contributed by atoms with van der Waals surface area (Å²) in [5.41, 5.74) is 2.23. The van der Waals surface area contributed by atoms with Crippen molar-refractivity contribution < 1.29 is 14.3 Å². The van der Waals surface area contributed by atoms with Crippen molar-refractivity contribution in [2.24, 2.45) is 0 Å². The lowest BCUT2D eigenvalue weighted by Gasteiger charge is -2.19. The molecule has 4 heteroatoms. The fourth-order valence-corrected chi connectivity index (χ4v) is 2.21. The van der Waals surface area contributed by atoms with Gasteiger partial charge in [-0.05, 0) is 51.5 Å². The molecule has 2 atom stereocenters. The Hall–Kier alpha value is -2.49. The van der Waals surface area contributed by atoms with Crippen LogP contribution in [-0.2, 0) is 4.79 Å². The summed E-state index contributed by atoms with van der Waals surface area (Å²) in [6, 6.07) is 15.4. The van der Waals surface area contributed by atoms with Crippen molar-refractivity contribution in [2.75, 3.05) is 6.61 Å². The Morgan fingerprint density at radius 2 is 1.71 bits per heavy atom. The van der Waals surface area contributed by atoms with Gasteiger partial charge in [-0.1, -0.05) is 35.9 Å². The number of benzene rings is 2. The molecule has 0 saturated heterocycles. The topological polar surface area (TPSA) is 47.6 Å². The van der Waals surface area contributed by atoms with Crippen molar-refractivity contribution in [1.29, 1.82) is 0 Å². The fraction of sp³-hybridized carbons (Fsp3) is 0.350. The van der Waals surface area contributed by atoms with Crippen LogP contribution >= 0.6 is 0 Å². The third-order valence-electron chi connectivity index (χ3n) is 3.67. The molecule has 2 aromatic rings. The highest BCUT2D eigenvalue weighted by molar-refractivity contribution is 5.81. The van der Waals surface area contributed by atoms with Crippen LogP contribution in [0.15, 0.2) is 48.5 Å². The Bertz CT molecular complexity index is 667. The maximum absolute atomic E-state index is 12.2. The van der Waals surface area contributed by atoms with Gasteiger partial charge in [0.05, 0.1) is 6.04 Å². The van der Waals surface area contributed by atoms with E-state index in [2.05, 4.69) is 5.32 Å². The monoisotopic (exact) mass is 327 g/mol. The van der Waals surface area contributed by atoms with Crippen molar-refractivity contribution in [3.63, 3.8) is 0 Å². The van der Waals surface area contributed by atoms with Gasteiger partial charge < -0.3 is 14.8 Å². The van der Waals surface area contributed by atoms with E-state index in [-0.39, 0.29) is 11.9 Å². The van der Waals surface area contributed by atoms with E-state index in [1.165, 1.54) is 0 Å². The first-order valence-corrected chi connectivity index (χ1v) is 8.18. The van der Waals surface area contributed by atoms with E-state index in [0.717, 1.165) is 16.9 Å². The third-order valence-corrected chi connectivity index (χ3v) is 3.67. The van der Waals surface area contributed by atoms with Gasteiger partial charge in [0.1, 0.15) is 18.1 Å². The molecule has 0 spiro atoms. The van der Waals surface area contributed by atoms with Crippen LogP contribution in [-0.4, -0.2) is 24.7 Å². The molecule has 0 fully saturated rings. The minimum atomic E-state index is -0.561. The maximum Gasteiger partial charge on any atom is 0.261 e. The summed E-state index contributed by atoms with van der Waals surface area (Å²) in [4.78, 5) is 12.2. The highest BCUT2D eigenvalue weighted by Crippen LogP contribution is 2.16. The summed E-state index contributed by atoms with van der Waals surface area (Å²) in [6.07, 6.45) is -0.561. The Balaban J connectivity index is 1.80. The molecule has 2 aromatic carbocycles. The van der Waals surface area contributed by atoms with E-state index in [1.54, 1.807) is 6.92 Å². The summed E-state index contributed by atoms with van der Waals surface area (Å²) in [5.74, 6) is 1.37. The van der Waals surface area contributed by atoms with E-state index in [0.29, 0.717) is 12.4 Å². The molecule has 1 amide bonds. The molecule has 0 bridgehead atoms. The number of carbonyl (C=O) groups is 1. The molecular weight excluding hydrogens is 302 g/mol. The highest BCUT2D eigenvalue weighted by atomic mass is 16.5. The zero-order valence-electron chi connectivity index (χ0n) is 14.7. The maximum atomic E-state index is 12.2. The van der Waals surface area contributed by atoms with Gasteiger partial charge in [-0.25, -0.2) is 0 Å². The smallest absolute Gasteiger partial charge is 0.261 e. The quantitative estimate of drug-likeness (QED) is 0.844. The summed E-state index contributed by atoms with van der Waals surface area (Å²) in [7, 11) is 0. The molecule has 24 heavy (non-hydrogen) atoms. The van der Waals surface area contributed by atoms with Crippen molar-refractivity contribution in [3.05, 3.63) is 59.7 Å². The minimum absolute atomic E-state index is 0.110. The van der Waals surface area contributed by atoms with Gasteiger partial charge in [-0.15, -0.1) is 0 Å². The Morgan fingerprint density at radius 1 is 1.04 bits per heavy atom. The zero-order chi connectivity index (χ0) is 17.5. The Kier molecular flexibility index (Phi) is 6.24. The minimum Gasteiger partial charge on any atom is -0.491 e. The van der Waals surface area contributed by atoms with E-state index in [9.17, 15) is 4.79 Å². The molecule has 0 aliphatic rings. The Labute approximate surface area is 143 Å². The molecule has 0 radical (unpaired) electrons. The highest BCUT2D eigenvalue weighted by Gasteiger charge is 2.17. The second-order valence-corrected chi connectivity index (χ2v) is 6.06. The molecule has 0 aliphatic heterocycles. The molecule has 0 heterocycles. The van der Waals surface area contributed by atoms with Crippen LogP contribution in [0.2, 0.25) is 0 Å². The molecule has 0 unspecified atom stereocenters. The van der Waals surface area contributed by atoms with Gasteiger partial charge in [0, 0.05) is 0 Å². The Morgan fingerprint density at radius 3 is 2.38 bits per heavy atom. The lowest BCUT2D eigenvalue weighted by molar-refractivity contribution is -0.128. The average Bonchev–Trinajstić information content (AvgIpc) is 2.56. The second kappa shape index (κ2) is 8.39. The summed E-state index contributed by atoms with van der Waals surface area (Å²) in [5, 5.41) is 2.91. The third kappa shape index (κ3) is 5.30. The van der Waals surface area contributed by atoms with Crippen molar-refractivity contribution in [2.45, 2.75) is 39.8 Å². The van der Waals surface area contributed by atoms with Crippen LogP contribution in [0.4, 0.5) is 0 Å². The van der Waals surface area contributed by atoms with Gasteiger partial charge in [0.2, 0.25) is 0 Å². The van der Waals surface area contributed by atoms with Gasteiger partial charge in [-0.2, -0.15) is 0 Å². The molecule has 1 N–H and O–H groups in total. The first-order valence-electron chi connectivity index (χ1n) is 8.18. The van der Waals surface area contributed by atoms with E-state index >= 15 is 0 Å². The van der Waals surface area contributed by atoms with E-state index < -0.39 is 6.10 Å². The SMILES string of the molecule is Cc1ccc(O[C@H](C)C(=O)N[C@H](C)COc2ccccc2C)cc1. The number of hydrogen-bond acceptors (Lipinski definition) is 3.